The number of hydrogen-bond donors (Lipinski definition) is 0. The minimum Gasteiger partial charge on any atom is -0.445 e. The summed E-state index contributed by atoms with van der Waals surface area (Å²) in [7, 11) is -4.61. The van der Waals surface area contributed by atoms with Crippen LogP contribution in [0.15, 0.2) is 30.3 Å². The van der Waals surface area contributed by atoms with Crippen LogP contribution in [0.5, 0.6) is 0 Å². The van der Waals surface area contributed by atoms with Gasteiger partial charge >= 0.3 is 16.3 Å². The summed E-state index contributed by atoms with van der Waals surface area (Å²) >= 11 is 0. The third-order valence-corrected chi connectivity index (χ3v) is 4.24. The van der Waals surface area contributed by atoms with Crippen molar-refractivity contribution in [3.63, 3.8) is 0 Å². The van der Waals surface area contributed by atoms with Gasteiger partial charge in [0, 0.05) is 6.54 Å². The van der Waals surface area contributed by atoms with Crippen molar-refractivity contribution in [3.8, 4) is 0 Å². The fourth-order valence-corrected chi connectivity index (χ4v) is 3.25. The van der Waals surface area contributed by atoms with E-state index in [9.17, 15) is 17.1 Å². The maximum absolute atomic E-state index is 12.9. The van der Waals surface area contributed by atoms with Gasteiger partial charge in [0.2, 0.25) is 0 Å². The standard InChI is InChI=1S/C14H18FNO4S/c15-21(18,19)11-13-8-4-5-9-16(13)14(17)20-10-12-6-2-1-3-7-12/h1-3,6-7,13H,4-5,8-11H2/t13-/m0/s1. The number of carbonyl (C=O) groups is 1. The SMILES string of the molecule is O=C(OCc1ccccc1)N1CCCC[C@H]1CS(=O)(=O)F. The minimum absolute atomic E-state index is 0.116. The molecule has 0 aliphatic carbocycles. The van der Waals surface area contributed by atoms with Crippen LogP contribution in [0.1, 0.15) is 24.8 Å². The maximum atomic E-state index is 12.9. The van der Waals surface area contributed by atoms with Crippen LogP contribution in [-0.4, -0.2) is 37.8 Å². The normalized spacial score (nSPS) is 19.3. The molecule has 0 aromatic heterocycles. The van der Waals surface area contributed by atoms with E-state index in [2.05, 4.69) is 0 Å². The highest BCUT2D eigenvalue weighted by Crippen LogP contribution is 2.20. The van der Waals surface area contributed by atoms with Gasteiger partial charge in [-0.1, -0.05) is 30.3 Å². The highest BCUT2D eigenvalue weighted by molar-refractivity contribution is 7.86. The highest BCUT2D eigenvalue weighted by atomic mass is 32.3. The Morgan fingerprint density at radius 2 is 2.00 bits per heavy atom. The van der Waals surface area contributed by atoms with Crippen LogP contribution in [-0.2, 0) is 21.6 Å². The van der Waals surface area contributed by atoms with Crippen molar-refractivity contribution >= 4 is 16.3 Å². The molecule has 5 nitrogen and oxygen atoms in total. The Bertz CT molecular complexity index is 576. The molecule has 1 atom stereocenters. The second-order valence-corrected chi connectivity index (χ2v) is 6.50. The van der Waals surface area contributed by atoms with Crippen molar-refractivity contribution in [1.29, 1.82) is 0 Å². The van der Waals surface area contributed by atoms with Crippen molar-refractivity contribution in [2.24, 2.45) is 0 Å². The number of halogens is 1. The zero-order chi connectivity index (χ0) is 15.3. The van der Waals surface area contributed by atoms with Gasteiger partial charge in [-0.05, 0) is 24.8 Å². The highest BCUT2D eigenvalue weighted by Gasteiger charge is 2.31. The monoisotopic (exact) mass is 315 g/mol. The van der Waals surface area contributed by atoms with Gasteiger partial charge in [0.25, 0.3) is 0 Å². The molecule has 116 valence electrons. The molecule has 1 aliphatic heterocycles. The van der Waals surface area contributed by atoms with Crippen LogP contribution in [0, 0.1) is 0 Å². The van der Waals surface area contributed by atoms with E-state index in [-0.39, 0.29) is 6.61 Å². The Hall–Kier alpha value is -1.63. The second-order valence-electron chi connectivity index (χ2n) is 5.09. The van der Waals surface area contributed by atoms with Crippen LogP contribution >= 0.6 is 0 Å². The van der Waals surface area contributed by atoms with Crippen molar-refractivity contribution in [2.75, 3.05) is 12.3 Å². The topological polar surface area (TPSA) is 63.7 Å². The number of piperidine rings is 1. The van der Waals surface area contributed by atoms with Crippen molar-refractivity contribution in [1.82, 2.24) is 4.90 Å². The molecule has 1 saturated heterocycles. The summed E-state index contributed by atoms with van der Waals surface area (Å²) in [6.45, 7) is 0.513. The summed E-state index contributed by atoms with van der Waals surface area (Å²) in [6, 6.07) is 8.54. The number of amides is 1. The maximum Gasteiger partial charge on any atom is 0.410 e. The van der Waals surface area contributed by atoms with Crippen molar-refractivity contribution in [2.45, 2.75) is 31.9 Å². The molecular weight excluding hydrogens is 297 g/mol. The van der Waals surface area contributed by atoms with E-state index in [0.29, 0.717) is 13.0 Å². The molecule has 0 spiro atoms. The van der Waals surface area contributed by atoms with E-state index in [1.807, 2.05) is 30.3 Å². The number of hydrogen-bond acceptors (Lipinski definition) is 4. The van der Waals surface area contributed by atoms with Gasteiger partial charge in [-0.2, -0.15) is 8.42 Å². The number of nitrogens with zero attached hydrogens (tertiary/aromatic N) is 1. The first-order valence-corrected chi connectivity index (χ1v) is 8.40. The number of benzene rings is 1. The van der Waals surface area contributed by atoms with Crippen molar-refractivity contribution < 1.29 is 21.8 Å². The van der Waals surface area contributed by atoms with E-state index in [1.165, 1.54) is 4.90 Å². The quantitative estimate of drug-likeness (QED) is 0.801. The Morgan fingerprint density at radius 3 is 2.67 bits per heavy atom. The Balaban J connectivity index is 1.95. The number of ether oxygens (including phenoxy) is 1. The smallest absolute Gasteiger partial charge is 0.410 e. The molecule has 1 aromatic carbocycles. The second kappa shape index (κ2) is 6.89. The lowest BCUT2D eigenvalue weighted by atomic mass is 10.0. The predicted molar refractivity (Wildman–Crippen MR) is 75.9 cm³/mol. The Kier molecular flexibility index (Phi) is 5.17. The fourth-order valence-electron chi connectivity index (χ4n) is 2.45. The van der Waals surface area contributed by atoms with Gasteiger partial charge < -0.3 is 9.64 Å². The third kappa shape index (κ3) is 5.00. The van der Waals surface area contributed by atoms with E-state index in [4.69, 9.17) is 4.74 Å². The summed E-state index contributed by atoms with van der Waals surface area (Å²) in [5.41, 5.74) is 0.845. The molecule has 1 aromatic rings. The third-order valence-electron chi connectivity index (χ3n) is 3.46. The fraction of sp³-hybridized carbons (Fsp3) is 0.500. The number of rotatable bonds is 4. The Morgan fingerprint density at radius 1 is 1.29 bits per heavy atom. The Labute approximate surface area is 123 Å². The molecule has 0 N–H and O–H groups in total. The average molecular weight is 315 g/mol. The van der Waals surface area contributed by atoms with E-state index < -0.39 is 28.1 Å². The summed E-state index contributed by atoms with van der Waals surface area (Å²) in [6.07, 6.45) is 1.43. The van der Waals surface area contributed by atoms with E-state index in [1.54, 1.807) is 0 Å². The van der Waals surface area contributed by atoms with Gasteiger partial charge in [-0.25, -0.2) is 4.79 Å². The number of likely N-dealkylation sites (tertiary alicyclic amines) is 1. The average Bonchev–Trinajstić information content (AvgIpc) is 2.45. The van der Waals surface area contributed by atoms with Crippen LogP contribution in [0.2, 0.25) is 0 Å². The van der Waals surface area contributed by atoms with Crippen LogP contribution in [0.3, 0.4) is 0 Å². The molecule has 1 heterocycles. The largest absolute Gasteiger partial charge is 0.445 e. The molecule has 1 fully saturated rings. The molecule has 0 unspecified atom stereocenters. The van der Waals surface area contributed by atoms with Gasteiger partial charge in [0.15, 0.2) is 0 Å². The zero-order valence-electron chi connectivity index (χ0n) is 11.6. The summed E-state index contributed by atoms with van der Waals surface area (Å²) in [5.74, 6) is -0.659. The van der Waals surface area contributed by atoms with Crippen LogP contribution in [0.4, 0.5) is 8.68 Å². The molecule has 1 aliphatic rings. The molecule has 2 rings (SSSR count). The molecule has 0 radical (unpaired) electrons. The lowest BCUT2D eigenvalue weighted by Gasteiger charge is -2.33. The molecule has 0 saturated carbocycles. The molecule has 0 bridgehead atoms. The minimum atomic E-state index is -4.61. The first kappa shape index (κ1) is 15.8. The first-order chi connectivity index (χ1) is 9.96. The van der Waals surface area contributed by atoms with Gasteiger partial charge in [-0.3, -0.25) is 0 Å². The molecule has 7 heteroatoms. The van der Waals surface area contributed by atoms with Gasteiger partial charge in [-0.15, -0.1) is 3.89 Å². The number of carbonyl (C=O) groups excluding carboxylic acids is 1. The zero-order valence-corrected chi connectivity index (χ0v) is 12.4. The van der Waals surface area contributed by atoms with Gasteiger partial charge in [0.1, 0.15) is 12.4 Å². The van der Waals surface area contributed by atoms with Crippen LogP contribution in [0.25, 0.3) is 0 Å². The van der Waals surface area contributed by atoms with Crippen LogP contribution < -0.4 is 0 Å². The summed E-state index contributed by atoms with van der Waals surface area (Å²) < 4.78 is 39.6. The molecule has 1 amide bonds. The summed E-state index contributed by atoms with van der Waals surface area (Å²) in [5, 5.41) is 0. The lowest BCUT2D eigenvalue weighted by Crippen LogP contribution is -2.46. The van der Waals surface area contributed by atoms with Gasteiger partial charge in [0.05, 0.1) is 6.04 Å². The van der Waals surface area contributed by atoms with Crippen molar-refractivity contribution in [3.05, 3.63) is 35.9 Å². The van der Waals surface area contributed by atoms with E-state index in [0.717, 1.165) is 18.4 Å². The molecule has 21 heavy (non-hydrogen) atoms. The molecular formula is C14H18FNO4S. The summed E-state index contributed by atoms with van der Waals surface area (Å²) in [4.78, 5) is 13.4. The first-order valence-electron chi connectivity index (χ1n) is 6.85. The van der Waals surface area contributed by atoms with E-state index >= 15 is 0 Å². The lowest BCUT2D eigenvalue weighted by molar-refractivity contribution is 0.0726. The predicted octanol–water partition coefficient (Wildman–Crippen LogP) is 2.48.